The zero-order valence-corrected chi connectivity index (χ0v) is 13.1. The van der Waals surface area contributed by atoms with Crippen molar-refractivity contribution in [1.82, 2.24) is 4.98 Å². The number of aromatic nitrogens is 1. The van der Waals surface area contributed by atoms with E-state index >= 15 is 0 Å². The third kappa shape index (κ3) is 3.81. The van der Waals surface area contributed by atoms with E-state index in [1.165, 1.54) is 18.2 Å². The zero-order chi connectivity index (χ0) is 16.3. The lowest BCUT2D eigenvalue weighted by atomic mass is 10.1. The topological polar surface area (TPSA) is 51.2 Å². The number of rotatable bonds is 4. The van der Waals surface area contributed by atoms with Crippen LogP contribution in [-0.4, -0.2) is 17.0 Å². The Balaban J connectivity index is 2.09. The Morgan fingerprint density at radius 2 is 2.00 bits per heavy atom. The number of hydrogen-bond acceptors (Lipinski definition) is 3. The van der Waals surface area contributed by atoms with Crippen LogP contribution >= 0.6 is 0 Å². The number of benzene rings is 1. The number of nitrogens with zero attached hydrogens (tertiary/aromatic N) is 1. The summed E-state index contributed by atoms with van der Waals surface area (Å²) in [6.45, 7) is 7.27. The molecule has 0 fully saturated rings. The highest BCUT2D eigenvalue weighted by molar-refractivity contribution is 5.95. The second kappa shape index (κ2) is 6.56. The Hall–Kier alpha value is -2.43. The number of carbonyl (C=O) groups excluding carboxylic acids is 1. The second-order valence-corrected chi connectivity index (χ2v) is 5.25. The molecule has 2 aromatic rings. The summed E-state index contributed by atoms with van der Waals surface area (Å²) in [5.74, 6) is -0.390. The van der Waals surface area contributed by atoms with Crippen LogP contribution in [0.3, 0.4) is 0 Å². The van der Waals surface area contributed by atoms with Crippen LogP contribution in [0, 0.1) is 26.6 Å². The van der Waals surface area contributed by atoms with Crippen molar-refractivity contribution in [3.05, 3.63) is 53.1 Å². The molecule has 0 radical (unpaired) electrons. The average Bonchev–Trinajstić information content (AvgIpc) is 2.42. The predicted octanol–water partition coefficient (Wildman–Crippen LogP) is 3.55. The molecule has 4 nitrogen and oxygen atoms in total. The molecule has 0 aliphatic rings. The largest absolute Gasteiger partial charge is 0.481 e. The molecule has 1 atom stereocenters. The van der Waals surface area contributed by atoms with E-state index in [9.17, 15) is 9.18 Å². The molecular formula is C17H19FN2O2. The molecule has 2 rings (SSSR count). The maximum absolute atomic E-state index is 13.1. The highest BCUT2D eigenvalue weighted by atomic mass is 19.1. The van der Waals surface area contributed by atoms with E-state index in [0.717, 1.165) is 17.0 Å². The molecule has 22 heavy (non-hydrogen) atoms. The standard InChI is InChI=1S/C17H19FN2O2/c1-10-8-11(2)19-12(3)16(10)20-17(21)13(4)22-15-7-5-6-14(18)9-15/h5-9,13H,1-4H3,(H,20,21). The van der Waals surface area contributed by atoms with Gasteiger partial charge in [-0.3, -0.25) is 9.78 Å². The monoisotopic (exact) mass is 302 g/mol. The second-order valence-electron chi connectivity index (χ2n) is 5.25. The maximum Gasteiger partial charge on any atom is 0.265 e. The van der Waals surface area contributed by atoms with Crippen molar-refractivity contribution in [3.63, 3.8) is 0 Å². The van der Waals surface area contributed by atoms with Gasteiger partial charge in [-0.05, 0) is 51.5 Å². The van der Waals surface area contributed by atoms with Gasteiger partial charge in [0.2, 0.25) is 0 Å². The van der Waals surface area contributed by atoms with Crippen LogP contribution < -0.4 is 10.1 Å². The van der Waals surface area contributed by atoms with Crippen LogP contribution in [0.15, 0.2) is 30.3 Å². The van der Waals surface area contributed by atoms with Gasteiger partial charge in [-0.25, -0.2) is 4.39 Å². The van der Waals surface area contributed by atoms with Crippen molar-refractivity contribution in [3.8, 4) is 5.75 Å². The van der Waals surface area contributed by atoms with Gasteiger partial charge in [-0.15, -0.1) is 0 Å². The van der Waals surface area contributed by atoms with E-state index in [-0.39, 0.29) is 5.91 Å². The summed E-state index contributed by atoms with van der Waals surface area (Å²) in [6, 6.07) is 7.61. The molecular weight excluding hydrogens is 283 g/mol. The molecule has 1 amide bonds. The number of amides is 1. The fraction of sp³-hybridized carbons (Fsp3) is 0.294. The zero-order valence-electron chi connectivity index (χ0n) is 13.1. The van der Waals surface area contributed by atoms with E-state index in [1.807, 2.05) is 26.8 Å². The minimum Gasteiger partial charge on any atom is -0.481 e. The fourth-order valence-electron chi connectivity index (χ4n) is 2.24. The third-order valence-corrected chi connectivity index (χ3v) is 3.25. The van der Waals surface area contributed by atoms with Crippen molar-refractivity contribution < 1.29 is 13.9 Å². The van der Waals surface area contributed by atoms with Crippen LogP contribution in [-0.2, 0) is 4.79 Å². The average molecular weight is 302 g/mol. The SMILES string of the molecule is Cc1cc(C)c(NC(=O)C(C)Oc2cccc(F)c2)c(C)n1. The molecule has 5 heteroatoms. The first-order valence-electron chi connectivity index (χ1n) is 7.04. The summed E-state index contributed by atoms with van der Waals surface area (Å²) in [5, 5.41) is 2.82. The Morgan fingerprint density at radius 1 is 1.27 bits per heavy atom. The lowest BCUT2D eigenvalue weighted by Gasteiger charge is -2.17. The first-order valence-corrected chi connectivity index (χ1v) is 7.04. The number of halogens is 1. The van der Waals surface area contributed by atoms with E-state index in [0.29, 0.717) is 11.4 Å². The number of carbonyl (C=O) groups is 1. The smallest absolute Gasteiger partial charge is 0.265 e. The minimum absolute atomic E-state index is 0.305. The molecule has 1 aromatic carbocycles. The van der Waals surface area contributed by atoms with Crippen LogP contribution in [0.25, 0.3) is 0 Å². The van der Waals surface area contributed by atoms with Crippen LogP contribution in [0.4, 0.5) is 10.1 Å². The van der Waals surface area contributed by atoms with Crippen LogP contribution in [0.1, 0.15) is 23.9 Å². The summed E-state index contributed by atoms with van der Waals surface area (Å²) in [4.78, 5) is 16.6. The van der Waals surface area contributed by atoms with Gasteiger partial charge in [-0.1, -0.05) is 6.07 Å². The van der Waals surface area contributed by atoms with Gasteiger partial charge < -0.3 is 10.1 Å². The number of ether oxygens (including phenoxy) is 1. The first-order chi connectivity index (χ1) is 10.4. The number of nitrogens with one attached hydrogen (secondary N) is 1. The summed E-state index contributed by atoms with van der Waals surface area (Å²) in [6.07, 6.45) is -0.748. The number of anilines is 1. The Morgan fingerprint density at radius 3 is 2.64 bits per heavy atom. The van der Waals surface area contributed by atoms with Gasteiger partial charge in [0.15, 0.2) is 6.10 Å². The molecule has 0 bridgehead atoms. The highest BCUT2D eigenvalue weighted by Crippen LogP contribution is 2.20. The van der Waals surface area contributed by atoms with Crippen LogP contribution in [0.2, 0.25) is 0 Å². The third-order valence-electron chi connectivity index (χ3n) is 3.25. The van der Waals surface area contributed by atoms with Crippen LogP contribution in [0.5, 0.6) is 5.75 Å². The lowest BCUT2D eigenvalue weighted by molar-refractivity contribution is -0.122. The Bertz CT molecular complexity index is 678. The minimum atomic E-state index is -0.748. The van der Waals surface area contributed by atoms with Gasteiger partial charge in [0, 0.05) is 11.8 Å². The molecule has 1 heterocycles. The molecule has 1 unspecified atom stereocenters. The van der Waals surface area contributed by atoms with E-state index in [1.54, 1.807) is 13.0 Å². The molecule has 0 aliphatic carbocycles. The van der Waals surface area contributed by atoms with Crippen molar-refractivity contribution in [1.29, 1.82) is 0 Å². The first kappa shape index (κ1) is 15.9. The summed E-state index contributed by atoms with van der Waals surface area (Å²) >= 11 is 0. The number of pyridine rings is 1. The van der Waals surface area contributed by atoms with E-state index < -0.39 is 11.9 Å². The summed E-state index contributed by atoms with van der Waals surface area (Å²) < 4.78 is 18.6. The van der Waals surface area contributed by atoms with Crippen molar-refractivity contribution in [2.75, 3.05) is 5.32 Å². The molecule has 0 saturated heterocycles. The quantitative estimate of drug-likeness (QED) is 0.939. The molecule has 1 N–H and O–H groups in total. The molecule has 0 saturated carbocycles. The van der Waals surface area contributed by atoms with Gasteiger partial charge >= 0.3 is 0 Å². The Labute approximate surface area is 129 Å². The molecule has 1 aromatic heterocycles. The van der Waals surface area contributed by atoms with E-state index in [4.69, 9.17) is 4.74 Å². The van der Waals surface area contributed by atoms with Crippen molar-refractivity contribution in [2.24, 2.45) is 0 Å². The van der Waals surface area contributed by atoms with Gasteiger partial charge in [0.25, 0.3) is 5.91 Å². The van der Waals surface area contributed by atoms with Gasteiger partial charge in [-0.2, -0.15) is 0 Å². The summed E-state index contributed by atoms with van der Waals surface area (Å²) in [5.41, 5.74) is 3.28. The maximum atomic E-state index is 13.1. The normalized spacial score (nSPS) is 11.9. The van der Waals surface area contributed by atoms with Crippen molar-refractivity contribution in [2.45, 2.75) is 33.8 Å². The molecule has 116 valence electrons. The number of aryl methyl sites for hydroxylation is 3. The van der Waals surface area contributed by atoms with Crippen molar-refractivity contribution >= 4 is 11.6 Å². The van der Waals surface area contributed by atoms with E-state index in [2.05, 4.69) is 10.3 Å². The highest BCUT2D eigenvalue weighted by Gasteiger charge is 2.17. The lowest BCUT2D eigenvalue weighted by Crippen LogP contribution is -2.30. The predicted molar refractivity (Wildman–Crippen MR) is 83.6 cm³/mol. The Kier molecular flexibility index (Phi) is 4.75. The van der Waals surface area contributed by atoms with Gasteiger partial charge in [0.1, 0.15) is 11.6 Å². The molecule has 0 aliphatic heterocycles. The molecule has 0 spiro atoms. The van der Waals surface area contributed by atoms with Gasteiger partial charge in [0.05, 0.1) is 11.4 Å². The fourth-order valence-corrected chi connectivity index (χ4v) is 2.24. The summed E-state index contributed by atoms with van der Waals surface area (Å²) in [7, 11) is 0. The number of hydrogen-bond donors (Lipinski definition) is 1.